The summed E-state index contributed by atoms with van der Waals surface area (Å²) in [5, 5.41) is 3.06. The molecule has 0 aromatic heterocycles. The number of anilines is 3. The van der Waals surface area contributed by atoms with Gasteiger partial charge in [0, 0.05) is 34.7 Å². The number of allylic oxidation sites excluding steroid dienone is 1. The van der Waals surface area contributed by atoms with E-state index in [4.69, 9.17) is 4.74 Å². The first-order valence-electron chi connectivity index (χ1n) is 14.0. The molecule has 0 aliphatic carbocycles. The first-order chi connectivity index (χ1) is 21.2. The van der Waals surface area contributed by atoms with Crippen molar-refractivity contribution in [1.29, 1.82) is 0 Å². The third-order valence-electron chi connectivity index (χ3n) is 6.55. The molecule has 1 N–H and O–H groups in total. The number of hydrogen-bond donors (Lipinski definition) is 1. The maximum atomic E-state index is 13.2. The molecule has 6 heteroatoms. The lowest BCUT2D eigenvalue weighted by molar-refractivity contribution is -0.106. The maximum Gasteiger partial charge on any atom is 0.295 e. The SMILES string of the molecule is CCNC(=Nc1ccccc1C(=O)c1ccccc1)O/C(C=O)=C/c1ccc(N(c2ccccc2)c2ccccc2)cc1. The second-order valence-electron chi connectivity index (χ2n) is 9.52. The summed E-state index contributed by atoms with van der Waals surface area (Å²) in [6.07, 6.45) is 2.29. The van der Waals surface area contributed by atoms with Gasteiger partial charge in [0.1, 0.15) is 0 Å². The molecular weight excluding hydrogens is 534 g/mol. The Morgan fingerprint density at radius 2 is 1.26 bits per heavy atom. The van der Waals surface area contributed by atoms with Crippen molar-refractivity contribution in [3.63, 3.8) is 0 Å². The van der Waals surface area contributed by atoms with E-state index in [9.17, 15) is 9.59 Å². The average Bonchev–Trinajstić information content (AvgIpc) is 3.07. The highest BCUT2D eigenvalue weighted by atomic mass is 16.5. The van der Waals surface area contributed by atoms with Gasteiger partial charge in [-0.05, 0) is 67.1 Å². The van der Waals surface area contributed by atoms with Crippen LogP contribution in [-0.4, -0.2) is 24.6 Å². The van der Waals surface area contributed by atoms with Crippen LogP contribution >= 0.6 is 0 Å². The summed E-state index contributed by atoms with van der Waals surface area (Å²) in [7, 11) is 0. The van der Waals surface area contributed by atoms with E-state index in [1.165, 1.54) is 0 Å². The van der Waals surface area contributed by atoms with Crippen LogP contribution in [-0.2, 0) is 9.53 Å². The minimum atomic E-state index is -0.151. The van der Waals surface area contributed by atoms with Gasteiger partial charge < -0.3 is 15.0 Å². The van der Waals surface area contributed by atoms with Crippen molar-refractivity contribution >= 4 is 46.9 Å². The van der Waals surface area contributed by atoms with Crippen LogP contribution < -0.4 is 10.2 Å². The second-order valence-corrected chi connectivity index (χ2v) is 9.52. The highest BCUT2D eigenvalue weighted by molar-refractivity contribution is 6.12. The summed E-state index contributed by atoms with van der Waals surface area (Å²) in [5.41, 5.74) is 5.24. The molecule has 0 unspecified atom stereocenters. The Balaban J connectivity index is 1.41. The number of hydrogen-bond acceptors (Lipinski definition) is 5. The molecule has 0 saturated heterocycles. The first-order valence-corrected chi connectivity index (χ1v) is 14.0. The number of carbonyl (C=O) groups excluding carboxylic acids is 2. The Labute approximate surface area is 251 Å². The highest BCUT2D eigenvalue weighted by Crippen LogP contribution is 2.34. The molecule has 0 saturated carbocycles. The largest absolute Gasteiger partial charge is 0.422 e. The monoisotopic (exact) mass is 565 g/mol. The molecule has 0 spiro atoms. The number of benzene rings is 5. The topological polar surface area (TPSA) is 71.0 Å². The Morgan fingerprint density at radius 1 is 0.721 bits per heavy atom. The van der Waals surface area contributed by atoms with Gasteiger partial charge in [0.05, 0.1) is 5.69 Å². The molecule has 0 atom stereocenters. The lowest BCUT2D eigenvalue weighted by Gasteiger charge is -2.25. The van der Waals surface area contributed by atoms with Gasteiger partial charge in [0.15, 0.2) is 17.8 Å². The van der Waals surface area contributed by atoms with E-state index < -0.39 is 0 Å². The molecule has 5 aromatic rings. The van der Waals surface area contributed by atoms with Crippen molar-refractivity contribution in [3.8, 4) is 0 Å². The Kier molecular flexibility index (Phi) is 9.52. The van der Waals surface area contributed by atoms with Gasteiger partial charge in [-0.25, -0.2) is 0 Å². The van der Waals surface area contributed by atoms with E-state index in [-0.39, 0.29) is 17.6 Å². The van der Waals surface area contributed by atoms with Crippen LogP contribution in [0.5, 0.6) is 0 Å². The van der Waals surface area contributed by atoms with Gasteiger partial charge in [-0.3, -0.25) is 9.59 Å². The molecule has 0 aliphatic heterocycles. The summed E-state index contributed by atoms with van der Waals surface area (Å²) in [6, 6.07) is 44.3. The van der Waals surface area contributed by atoms with Crippen LogP contribution in [0, 0.1) is 0 Å². The zero-order valence-electron chi connectivity index (χ0n) is 23.8. The smallest absolute Gasteiger partial charge is 0.295 e. The normalized spacial score (nSPS) is 11.5. The number of nitrogens with one attached hydrogen (secondary N) is 1. The van der Waals surface area contributed by atoms with E-state index >= 15 is 0 Å². The molecule has 5 aromatic carbocycles. The minimum absolute atomic E-state index is 0.0716. The highest BCUT2D eigenvalue weighted by Gasteiger charge is 2.15. The van der Waals surface area contributed by atoms with Crippen molar-refractivity contribution in [2.75, 3.05) is 11.4 Å². The van der Waals surface area contributed by atoms with E-state index in [0.29, 0.717) is 29.6 Å². The Hall–Kier alpha value is -5.75. The van der Waals surface area contributed by atoms with E-state index in [0.717, 1.165) is 22.6 Å². The lowest BCUT2D eigenvalue weighted by Crippen LogP contribution is -2.25. The van der Waals surface area contributed by atoms with Gasteiger partial charge >= 0.3 is 0 Å². The number of ketones is 1. The summed E-state index contributed by atoms with van der Waals surface area (Å²) in [6.45, 7) is 2.40. The third-order valence-corrected chi connectivity index (χ3v) is 6.55. The predicted molar refractivity (Wildman–Crippen MR) is 173 cm³/mol. The number of nitrogens with zero attached hydrogens (tertiary/aromatic N) is 2. The van der Waals surface area contributed by atoms with Crippen LogP contribution in [0.2, 0.25) is 0 Å². The maximum absolute atomic E-state index is 13.2. The first kappa shape index (κ1) is 28.8. The van der Waals surface area contributed by atoms with Crippen molar-refractivity contribution in [2.45, 2.75) is 6.92 Å². The number of aliphatic imine (C=N–C) groups is 1. The van der Waals surface area contributed by atoms with Gasteiger partial charge in [-0.2, -0.15) is 4.99 Å². The van der Waals surface area contributed by atoms with Gasteiger partial charge in [-0.1, -0.05) is 91.0 Å². The molecular formula is C37H31N3O3. The zero-order valence-corrected chi connectivity index (χ0v) is 23.8. The second kappa shape index (κ2) is 14.2. The standard InChI is InChI=1S/C37H31N3O3/c1-2-38-37(39-35-21-13-12-20-34(35)36(42)29-14-6-3-7-15-29)43-33(27-41)26-28-22-24-32(25-23-28)40(30-16-8-4-9-17-30)31-18-10-5-11-19-31/h3-27H,2H2,1H3,(H,38,39)/b33-26+. The summed E-state index contributed by atoms with van der Waals surface area (Å²) < 4.78 is 5.92. The molecule has 0 radical (unpaired) electrons. The number of ether oxygens (including phenoxy) is 1. The summed E-state index contributed by atoms with van der Waals surface area (Å²) >= 11 is 0. The van der Waals surface area contributed by atoms with Crippen LogP contribution in [0.4, 0.5) is 22.7 Å². The summed E-state index contributed by atoms with van der Waals surface area (Å²) in [4.78, 5) is 32.0. The van der Waals surface area contributed by atoms with Crippen molar-refractivity contribution in [3.05, 3.63) is 162 Å². The fourth-order valence-electron chi connectivity index (χ4n) is 4.55. The number of carbonyl (C=O) groups is 2. The van der Waals surface area contributed by atoms with E-state index in [1.54, 1.807) is 42.5 Å². The van der Waals surface area contributed by atoms with Gasteiger partial charge in [-0.15, -0.1) is 0 Å². The van der Waals surface area contributed by atoms with E-state index in [1.807, 2.05) is 85.8 Å². The molecule has 5 rings (SSSR count). The molecule has 212 valence electrons. The summed E-state index contributed by atoms with van der Waals surface area (Å²) in [5.74, 6) is -0.0793. The zero-order chi connectivity index (χ0) is 29.9. The lowest BCUT2D eigenvalue weighted by atomic mass is 10.0. The van der Waals surface area contributed by atoms with Gasteiger partial charge in [0.25, 0.3) is 6.02 Å². The predicted octanol–water partition coefficient (Wildman–Crippen LogP) is 8.24. The third kappa shape index (κ3) is 7.31. The minimum Gasteiger partial charge on any atom is -0.422 e. The number of rotatable bonds is 10. The molecule has 0 aliphatic rings. The van der Waals surface area contributed by atoms with E-state index in [2.05, 4.69) is 39.5 Å². The number of amidine groups is 1. The molecule has 0 heterocycles. The number of para-hydroxylation sites is 3. The fraction of sp³-hybridized carbons (Fsp3) is 0.0541. The quantitative estimate of drug-likeness (QED) is 0.0461. The molecule has 0 fully saturated rings. The van der Waals surface area contributed by atoms with Crippen molar-refractivity contribution in [1.82, 2.24) is 5.32 Å². The van der Waals surface area contributed by atoms with Crippen LogP contribution in [0.1, 0.15) is 28.4 Å². The molecule has 6 nitrogen and oxygen atoms in total. The van der Waals surface area contributed by atoms with Crippen LogP contribution in [0.3, 0.4) is 0 Å². The van der Waals surface area contributed by atoms with Crippen LogP contribution in [0.25, 0.3) is 6.08 Å². The van der Waals surface area contributed by atoms with Crippen molar-refractivity contribution < 1.29 is 14.3 Å². The molecule has 0 amide bonds. The van der Waals surface area contributed by atoms with Gasteiger partial charge in [0.2, 0.25) is 0 Å². The Morgan fingerprint density at radius 3 is 1.84 bits per heavy atom. The average molecular weight is 566 g/mol. The van der Waals surface area contributed by atoms with Crippen LogP contribution in [0.15, 0.2) is 150 Å². The Bertz CT molecular complexity index is 1680. The molecule has 0 bridgehead atoms. The molecule has 43 heavy (non-hydrogen) atoms. The fourth-order valence-corrected chi connectivity index (χ4v) is 4.55. The number of aldehydes is 1. The van der Waals surface area contributed by atoms with Crippen molar-refractivity contribution in [2.24, 2.45) is 4.99 Å².